The van der Waals surface area contributed by atoms with Crippen molar-refractivity contribution >= 4 is 5.91 Å². The summed E-state index contributed by atoms with van der Waals surface area (Å²) in [6.45, 7) is 5.99. The second-order valence-corrected chi connectivity index (χ2v) is 7.42. The van der Waals surface area contributed by atoms with Crippen molar-refractivity contribution in [1.82, 2.24) is 20.0 Å². The van der Waals surface area contributed by atoms with Gasteiger partial charge in [0.15, 0.2) is 0 Å². The summed E-state index contributed by atoms with van der Waals surface area (Å²) in [6, 6.07) is 8.04. The highest BCUT2D eigenvalue weighted by atomic mass is 16.5. The number of benzene rings is 1. The molecule has 0 spiro atoms. The first-order valence-corrected chi connectivity index (χ1v) is 9.51. The highest BCUT2D eigenvalue weighted by Gasteiger charge is 2.42. The van der Waals surface area contributed by atoms with Crippen molar-refractivity contribution in [2.24, 2.45) is 0 Å². The van der Waals surface area contributed by atoms with Crippen LogP contribution in [0.1, 0.15) is 42.3 Å². The minimum atomic E-state index is -0.219. The molecule has 1 saturated heterocycles. The number of hydrogen-bond acceptors (Lipinski definition) is 6. The second-order valence-electron chi connectivity index (χ2n) is 7.42. The molecule has 0 bridgehead atoms. The lowest BCUT2D eigenvalue weighted by molar-refractivity contribution is -0.138. The van der Waals surface area contributed by atoms with E-state index in [4.69, 9.17) is 9.15 Å². The Morgan fingerprint density at radius 2 is 2.07 bits per heavy atom. The van der Waals surface area contributed by atoms with Crippen LogP contribution in [0, 0.1) is 6.92 Å². The number of carbonyl (C=O) groups excluding carboxylic acids is 1. The third kappa shape index (κ3) is 3.49. The van der Waals surface area contributed by atoms with Gasteiger partial charge in [-0.1, -0.05) is 24.3 Å². The van der Waals surface area contributed by atoms with Crippen molar-refractivity contribution in [3.8, 4) is 0 Å². The number of likely N-dealkylation sites (tertiary alicyclic amines) is 1. The zero-order valence-electron chi connectivity index (χ0n) is 16.1. The van der Waals surface area contributed by atoms with E-state index in [2.05, 4.69) is 39.4 Å². The quantitative estimate of drug-likeness (QED) is 0.821. The molecule has 0 saturated carbocycles. The van der Waals surface area contributed by atoms with E-state index in [1.54, 1.807) is 14.0 Å². The van der Waals surface area contributed by atoms with E-state index in [0.29, 0.717) is 24.7 Å². The molecule has 0 N–H and O–H groups in total. The van der Waals surface area contributed by atoms with Gasteiger partial charge >= 0.3 is 0 Å². The fraction of sp³-hybridized carbons (Fsp3) is 0.550. The molecule has 3 atom stereocenters. The largest absolute Gasteiger partial charge is 0.423 e. The Hall–Kier alpha value is -2.25. The Morgan fingerprint density at radius 1 is 1.30 bits per heavy atom. The number of aryl methyl sites for hydroxylation is 1. The van der Waals surface area contributed by atoms with Crippen molar-refractivity contribution in [2.45, 2.75) is 51.4 Å². The number of carbonyl (C=O) groups is 1. The van der Waals surface area contributed by atoms with Gasteiger partial charge in [0.1, 0.15) is 6.04 Å². The van der Waals surface area contributed by atoms with Crippen molar-refractivity contribution in [3.63, 3.8) is 0 Å². The maximum atomic E-state index is 13.3. The first-order valence-electron chi connectivity index (χ1n) is 9.51. The van der Waals surface area contributed by atoms with Crippen LogP contribution in [-0.2, 0) is 22.5 Å². The molecule has 2 aliphatic rings. The van der Waals surface area contributed by atoms with Crippen LogP contribution in [0.15, 0.2) is 28.7 Å². The molecule has 1 fully saturated rings. The lowest BCUT2D eigenvalue weighted by atomic mass is 9.98. The molecule has 144 valence electrons. The standard InChI is InChI=1S/C20H26N4O3/c1-13(23-9-8-15-6-4-5-7-16(15)11-23)20(25)24-12-17(26-3)10-18(24)19-22-21-14(2)27-19/h4-7,13,17-18H,8-12H2,1-3H3/t13?,17-,18+/m0/s1. The minimum Gasteiger partial charge on any atom is -0.423 e. The zero-order chi connectivity index (χ0) is 19.0. The highest BCUT2D eigenvalue weighted by molar-refractivity contribution is 5.82. The predicted molar refractivity (Wildman–Crippen MR) is 98.9 cm³/mol. The maximum Gasteiger partial charge on any atom is 0.240 e. The molecule has 1 aromatic carbocycles. The molecule has 0 radical (unpaired) electrons. The number of hydrogen-bond donors (Lipinski definition) is 0. The molecule has 7 heteroatoms. The van der Waals surface area contributed by atoms with Crippen LogP contribution in [0.4, 0.5) is 0 Å². The lowest BCUT2D eigenvalue weighted by Gasteiger charge is -2.35. The molecule has 1 aromatic heterocycles. The Morgan fingerprint density at radius 3 is 2.78 bits per heavy atom. The Labute approximate surface area is 159 Å². The SMILES string of the molecule is CO[C@H]1C[C@H](c2nnc(C)o2)N(C(=O)C(C)N2CCc3ccccc3C2)C1. The van der Waals surface area contributed by atoms with E-state index in [1.807, 2.05) is 11.8 Å². The van der Waals surface area contributed by atoms with Crippen molar-refractivity contribution in [3.05, 3.63) is 47.2 Å². The Kier molecular flexibility index (Phi) is 4.97. The average Bonchev–Trinajstić information content (AvgIpc) is 3.32. The molecule has 2 aromatic rings. The molecular formula is C20H26N4O3. The van der Waals surface area contributed by atoms with E-state index in [0.717, 1.165) is 19.5 Å². The fourth-order valence-electron chi connectivity index (χ4n) is 4.14. The lowest BCUT2D eigenvalue weighted by Crippen LogP contribution is -2.48. The summed E-state index contributed by atoms with van der Waals surface area (Å²) < 4.78 is 11.2. The second kappa shape index (κ2) is 7.40. The Balaban J connectivity index is 1.52. The third-order valence-corrected chi connectivity index (χ3v) is 5.77. The van der Waals surface area contributed by atoms with Gasteiger partial charge in [0.05, 0.1) is 12.1 Å². The van der Waals surface area contributed by atoms with Crippen LogP contribution >= 0.6 is 0 Å². The molecule has 27 heavy (non-hydrogen) atoms. The number of rotatable bonds is 4. The Bertz CT molecular complexity index is 821. The molecule has 2 aliphatic heterocycles. The van der Waals surface area contributed by atoms with Gasteiger partial charge in [-0.3, -0.25) is 9.69 Å². The first-order chi connectivity index (χ1) is 13.1. The summed E-state index contributed by atoms with van der Waals surface area (Å²) in [5, 5.41) is 8.08. The van der Waals surface area contributed by atoms with Gasteiger partial charge in [0, 0.05) is 40.1 Å². The minimum absolute atomic E-state index is 0.0135. The third-order valence-electron chi connectivity index (χ3n) is 5.77. The van der Waals surface area contributed by atoms with Gasteiger partial charge < -0.3 is 14.1 Å². The highest BCUT2D eigenvalue weighted by Crippen LogP contribution is 2.34. The van der Waals surface area contributed by atoms with Crippen LogP contribution in [0.25, 0.3) is 0 Å². The van der Waals surface area contributed by atoms with Crippen LogP contribution in [0.3, 0.4) is 0 Å². The van der Waals surface area contributed by atoms with Gasteiger partial charge in [0.25, 0.3) is 0 Å². The van der Waals surface area contributed by atoms with E-state index >= 15 is 0 Å². The van der Waals surface area contributed by atoms with Crippen molar-refractivity contribution in [2.75, 3.05) is 20.2 Å². The normalized spacial score (nSPS) is 24.0. The molecule has 0 aliphatic carbocycles. The molecule has 7 nitrogen and oxygen atoms in total. The molecule has 4 rings (SSSR count). The summed E-state index contributed by atoms with van der Waals surface area (Å²) >= 11 is 0. The van der Waals surface area contributed by atoms with Gasteiger partial charge in [-0.05, 0) is 24.5 Å². The van der Waals surface area contributed by atoms with Crippen LogP contribution in [0.2, 0.25) is 0 Å². The van der Waals surface area contributed by atoms with Gasteiger partial charge in [-0.15, -0.1) is 10.2 Å². The van der Waals surface area contributed by atoms with Crippen molar-refractivity contribution < 1.29 is 13.9 Å². The van der Waals surface area contributed by atoms with Crippen molar-refractivity contribution in [1.29, 1.82) is 0 Å². The zero-order valence-corrected chi connectivity index (χ0v) is 16.1. The van der Waals surface area contributed by atoms with Crippen LogP contribution in [-0.4, -0.2) is 58.2 Å². The van der Waals surface area contributed by atoms with E-state index in [-0.39, 0.29) is 24.1 Å². The van der Waals surface area contributed by atoms with Crippen LogP contribution < -0.4 is 0 Å². The summed E-state index contributed by atoms with van der Waals surface area (Å²) in [7, 11) is 1.68. The predicted octanol–water partition coefficient (Wildman–Crippen LogP) is 2.11. The van der Waals surface area contributed by atoms with Gasteiger partial charge in [-0.2, -0.15) is 0 Å². The summed E-state index contributed by atoms with van der Waals surface area (Å²) in [4.78, 5) is 17.5. The van der Waals surface area contributed by atoms with Gasteiger partial charge in [0.2, 0.25) is 17.7 Å². The monoisotopic (exact) mass is 370 g/mol. The van der Waals surface area contributed by atoms with Crippen LogP contribution in [0.5, 0.6) is 0 Å². The number of nitrogens with zero attached hydrogens (tertiary/aromatic N) is 4. The van der Waals surface area contributed by atoms with E-state index < -0.39 is 0 Å². The molecule has 1 unspecified atom stereocenters. The number of aromatic nitrogens is 2. The maximum absolute atomic E-state index is 13.3. The topological polar surface area (TPSA) is 71.7 Å². The van der Waals surface area contributed by atoms with Gasteiger partial charge in [-0.25, -0.2) is 0 Å². The first kappa shape index (κ1) is 18.1. The molecule has 1 amide bonds. The molecular weight excluding hydrogens is 344 g/mol. The number of fused-ring (bicyclic) bond motifs is 1. The summed E-state index contributed by atoms with van der Waals surface area (Å²) in [5.41, 5.74) is 2.69. The molecule has 3 heterocycles. The summed E-state index contributed by atoms with van der Waals surface area (Å²) in [6.07, 6.45) is 1.64. The average molecular weight is 370 g/mol. The summed E-state index contributed by atoms with van der Waals surface area (Å²) in [5.74, 6) is 1.10. The smallest absolute Gasteiger partial charge is 0.240 e. The van der Waals surface area contributed by atoms with E-state index in [1.165, 1.54) is 11.1 Å². The number of methoxy groups -OCH3 is 1. The number of amides is 1. The number of ether oxygens (including phenoxy) is 1. The fourth-order valence-corrected chi connectivity index (χ4v) is 4.14. The van der Waals surface area contributed by atoms with E-state index in [9.17, 15) is 4.79 Å².